The quantitative estimate of drug-likeness (QED) is 0.838. The molecule has 4 rings (SSSR count). The van der Waals surface area contributed by atoms with E-state index in [2.05, 4.69) is 5.32 Å². The molecule has 0 unspecified atom stereocenters. The van der Waals surface area contributed by atoms with Crippen LogP contribution in [0.1, 0.15) is 36.0 Å². The summed E-state index contributed by atoms with van der Waals surface area (Å²) in [5.74, 6) is 1.27. The van der Waals surface area contributed by atoms with Crippen molar-refractivity contribution in [2.75, 3.05) is 31.8 Å². The summed E-state index contributed by atoms with van der Waals surface area (Å²) in [6, 6.07) is 12.1. The summed E-state index contributed by atoms with van der Waals surface area (Å²) < 4.78 is 16.4. The number of carbonyl (C=O) groups is 2. The van der Waals surface area contributed by atoms with E-state index in [4.69, 9.17) is 14.2 Å². The molecule has 0 bridgehead atoms. The molecule has 0 saturated carbocycles. The lowest BCUT2D eigenvalue weighted by atomic mass is 10.1. The number of para-hydroxylation sites is 1. The number of hydrogen-bond donors (Lipinski definition) is 1. The van der Waals surface area contributed by atoms with Gasteiger partial charge in [0.25, 0.3) is 11.8 Å². The fraction of sp³-hybridized carbons (Fsp3) is 0.364. The number of rotatable bonds is 5. The van der Waals surface area contributed by atoms with Gasteiger partial charge in [0.15, 0.2) is 18.1 Å². The normalized spacial score (nSPS) is 15.5. The fourth-order valence-electron chi connectivity index (χ4n) is 3.50. The predicted octanol–water partition coefficient (Wildman–Crippen LogP) is 3.45. The Morgan fingerprint density at radius 1 is 0.966 bits per heavy atom. The maximum absolute atomic E-state index is 12.8. The molecular formula is C22H24N2O5. The van der Waals surface area contributed by atoms with E-state index in [9.17, 15) is 9.59 Å². The van der Waals surface area contributed by atoms with Gasteiger partial charge in [-0.2, -0.15) is 0 Å². The van der Waals surface area contributed by atoms with Gasteiger partial charge in [0.1, 0.15) is 5.75 Å². The van der Waals surface area contributed by atoms with E-state index < -0.39 is 0 Å². The second kappa shape index (κ2) is 8.86. The molecule has 2 heterocycles. The van der Waals surface area contributed by atoms with Gasteiger partial charge in [0, 0.05) is 24.8 Å². The molecule has 2 aromatic rings. The number of benzene rings is 2. The van der Waals surface area contributed by atoms with E-state index in [-0.39, 0.29) is 25.2 Å². The standard InChI is InChI=1S/C22H24N2O5/c25-21(24-11-5-1-2-6-12-24)14-27-18-8-4-3-7-17(18)22(26)23-16-9-10-19-20(13-16)29-15-28-19/h3-4,7-10,13H,1-2,5-6,11-12,14-15H2,(H,23,26). The Hall–Kier alpha value is -3.22. The average molecular weight is 396 g/mol. The molecule has 2 amide bonds. The third-order valence-electron chi connectivity index (χ3n) is 5.07. The van der Waals surface area contributed by atoms with Gasteiger partial charge >= 0.3 is 0 Å². The molecule has 1 N–H and O–H groups in total. The molecule has 0 radical (unpaired) electrons. The van der Waals surface area contributed by atoms with Crippen LogP contribution in [0.3, 0.4) is 0 Å². The second-order valence-electron chi connectivity index (χ2n) is 7.10. The van der Waals surface area contributed by atoms with Crippen molar-refractivity contribution in [3.05, 3.63) is 48.0 Å². The lowest BCUT2D eigenvalue weighted by molar-refractivity contribution is -0.133. The predicted molar refractivity (Wildman–Crippen MR) is 108 cm³/mol. The summed E-state index contributed by atoms with van der Waals surface area (Å²) >= 11 is 0. The molecule has 152 valence electrons. The zero-order valence-electron chi connectivity index (χ0n) is 16.2. The summed E-state index contributed by atoms with van der Waals surface area (Å²) in [5, 5.41) is 2.84. The highest BCUT2D eigenvalue weighted by Gasteiger charge is 2.19. The maximum atomic E-state index is 12.8. The Morgan fingerprint density at radius 3 is 2.55 bits per heavy atom. The Morgan fingerprint density at radius 2 is 1.72 bits per heavy atom. The zero-order valence-corrected chi connectivity index (χ0v) is 16.2. The van der Waals surface area contributed by atoms with Crippen LogP contribution in [-0.4, -0.2) is 43.2 Å². The van der Waals surface area contributed by atoms with E-state index in [1.54, 1.807) is 42.5 Å². The van der Waals surface area contributed by atoms with Crippen LogP contribution in [0.25, 0.3) is 0 Å². The fourth-order valence-corrected chi connectivity index (χ4v) is 3.50. The lowest BCUT2D eigenvalue weighted by Crippen LogP contribution is -2.35. The molecule has 7 heteroatoms. The van der Waals surface area contributed by atoms with Crippen molar-refractivity contribution in [2.24, 2.45) is 0 Å². The first kappa shape index (κ1) is 19.1. The summed E-state index contributed by atoms with van der Waals surface area (Å²) in [6.07, 6.45) is 4.38. The molecule has 2 aliphatic rings. The molecule has 2 aliphatic heterocycles. The number of fused-ring (bicyclic) bond motifs is 1. The van der Waals surface area contributed by atoms with Crippen molar-refractivity contribution in [1.82, 2.24) is 4.90 Å². The van der Waals surface area contributed by atoms with Gasteiger partial charge in [0.05, 0.1) is 5.56 Å². The van der Waals surface area contributed by atoms with Crippen LogP contribution in [0.2, 0.25) is 0 Å². The van der Waals surface area contributed by atoms with E-state index in [1.807, 2.05) is 4.90 Å². The molecule has 1 fully saturated rings. The summed E-state index contributed by atoms with van der Waals surface area (Å²) in [7, 11) is 0. The number of amides is 2. The molecule has 29 heavy (non-hydrogen) atoms. The third-order valence-corrected chi connectivity index (χ3v) is 5.07. The summed E-state index contributed by atoms with van der Waals surface area (Å²) in [6.45, 7) is 1.64. The number of nitrogens with zero attached hydrogens (tertiary/aromatic N) is 1. The first-order chi connectivity index (χ1) is 14.2. The minimum atomic E-state index is -0.318. The van der Waals surface area contributed by atoms with Crippen molar-refractivity contribution in [3.8, 4) is 17.2 Å². The molecule has 0 atom stereocenters. The number of nitrogens with one attached hydrogen (secondary N) is 1. The van der Waals surface area contributed by atoms with Crippen LogP contribution >= 0.6 is 0 Å². The Labute approximate surface area is 169 Å². The smallest absolute Gasteiger partial charge is 0.260 e. The van der Waals surface area contributed by atoms with Gasteiger partial charge in [0.2, 0.25) is 6.79 Å². The van der Waals surface area contributed by atoms with Crippen molar-refractivity contribution < 1.29 is 23.8 Å². The number of ether oxygens (including phenoxy) is 3. The zero-order chi connectivity index (χ0) is 20.1. The van der Waals surface area contributed by atoms with Gasteiger partial charge in [-0.3, -0.25) is 9.59 Å². The number of carbonyl (C=O) groups excluding carboxylic acids is 2. The molecule has 2 aromatic carbocycles. The highest BCUT2D eigenvalue weighted by Crippen LogP contribution is 2.34. The minimum absolute atomic E-state index is 0.0436. The van der Waals surface area contributed by atoms with E-state index in [0.717, 1.165) is 38.8 Å². The van der Waals surface area contributed by atoms with Crippen LogP contribution in [-0.2, 0) is 4.79 Å². The summed E-state index contributed by atoms with van der Waals surface area (Å²) in [4.78, 5) is 27.1. The van der Waals surface area contributed by atoms with Gasteiger partial charge in [-0.15, -0.1) is 0 Å². The van der Waals surface area contributed by atoms with Crippen LogP contribution in [0, 0.1) is 0 Å². The summed E-state index contributed by atoms with van der Waals surface area (Å²) in [5.41, 5.74) is 0.962. The first-order valence-corrected chi connectivity index (χ1v) is 9.91. The monoisotopic (exact) mass is 396 g/mol. The number of hydrogen-bond acceptors (Lipinski definition) is 5. The molecule has 1 saturated heterocycles. The molecule has 0 aromatic heterocycles. The van der Waals surface area contributed by atoms with Crippen molar-refractivity contribution >= 4 is 17.5 Å². The molecule has 0 spiro atoms. The Balaban J connectivity index is 1.40. The molecule has 0 aliphatic carbocycles. The van der Waals surface area contributed by atoms with Crippen molar-refractivity contribution in [2.45, 2.75) is 25.7 Å². The SMILES string of the molecule is O=C(Nc1ccc2c(c1)OCO2)c1ccccc1OCC(=O)N1CCCCCC1. The second-order valence-corrected chi connectivity index (χ2v) is 7.10. The first-order valence-electron chi connectivity index (χ1n) is 9.91. The minimum Gasteiger partial charge on any atom is -0.483 e. The van der Waals surface area contributed by atoms with Crippen molar-refractivity contribution in [3.63, 3.8) is 0 Å². The van der Waals surface area contributed by atoms with E-state index in [1.165, 1.54) is 0 Å². The van der Waals surface area contributed by atoms with Gasteiger partial charge in [-0.05, 0) is 37.1 Å². The van der Waals surface area contributed by atoms with E-state index in [0.29, 0.717) is 28.5 Å². The van der Waals surface area contributed by atoms with Gasteiger partial charge in [-0.25, -0.2) is 0 Å². The third kappa shape index (κ3) is 4.62. The average Bonchev–Trinajstić information content (AvgIpc) is 3.03. The van der Waals surface area contributed by atoms with Gasteiger partial charge in [-0.1, -0.05) is 25.0 Å². The highest BCUT2D eigenvalue weighted by atomic mass is 16.7. The van der Waals surface area contributed by atoms with Gasteiger partial charge < -0.3 is 24.4 Å². The number of likely N-dealkylation sites (tertiary alicyclic amines) is 1. The lowest BCUT2D eigenvalue weighted by Gasteiger charge is -2.20. The van der Waals surface area contributed by atoms with Crippen LogP contribution < -0.4 is 19.5 Å². The highest BCUT2D eigenvalue weighted by molar-refractivity contribution is 6.06. The topological polar surface area (TPSA) is 77.1 Å². The molecular weight excluding hydrogens is 372 g/mol. The van der Waals surface area contributed by atoms with Crippen LogP contribution in [0.4, 0.5) is 5.69 Å². The van der Waals surface area contributed by atoms with Crippen LogP contribution in [0.5, 0.6) is 17.2 Å². The Bertz CT molecular complexity index is 891. The van der Waals surface area contributed by atoms with Crippen molar-refractivity contribution in [1.29, 1.82) is 0 Å². The Kier molecular flexibility index (Phi) is 5.84. The largest absolute Gasteiger partial charge is 0.483 e. The van der Waals surface area contributed by atoms with E-state index >= 15 is 0 Å². The molecule has 7 nitrogen and oxygen atoms in total. The number of anilines is 1. The van der Waals surface area contributed by atoms with Crippen LogP contribution in [0.15, 0.2) is 42.5 Å². The maximum Gasteiger partial charge on any atom is 0.260 e.